The van der Waals surface area contributed by atoms with E-state index in [1.807, 2.05) is 26.0 Å². The maximum Gasteiger partial charge on any atom is 0.316 e. The van der Waals surface area contributed by atoms with Gasteiger partial charge in [-0.15, -0.1) is 0 Å². The van der Waals surface area contributed by atoms with Crippen LogP contribution in [0.1, 0.15) is 44.2 Å². The summed E-state index contributed by atoms with van der Waals surface area (Å²) < 4.78 is 18.6. The number of methoxy groups -OCH3 is 1. The van der Waals surface area contributed by atoms with Gasteiger partial charge in [-0.25, -0.2) is 0 Å². The van der Waals surface area contributed by atoms with Gasteiger partial charge in [-0.05, 0) is 62.0 Å². The first-order chi connectivity index (χ1) is 11.9. The van der Waals surface area contributed by atoms with Crippen molar-refractivity contribution in [3.05, 3.63) is 39.9 Å². The van der Waals surface area contributed by atoms with Crippen molar-refractivity contribution in [1.29, 1.82) is 0 Å². The monoisotopic (exact) mass is 406 g/mol. The van der Waals surface area contributed by atoms with Crippen LogP contribution in [0.4, 0.5) is 0 Å². The van der Waals surface area contributed by atoms with Gasteiger partial charge < -0.3 is 14.2 Å². The maximum absolute atomic E-state index is 12.8. The molecule has 25 heavy (non-hydrogen) atoms. The Hall–Kier alpha value is -1.17. The number of carbonyl (C=O) groups is 1. The first kappa shape index (κ1) is 17.3. The highest BCUT2D eigenvalue weighted by atomic mass is 79.9. The van der Waals surface area contributed by atoms with Crippen LogP contribution in [0, 0.1) is 5.41 Å². The van der Waals surface area contributed by atoms with E-state index in [2.05, 4.69) is 28.1 Å². The molecule has 0 saturated carbocycles. The second kappa shape index (κ2) is 5.93. The molecule has 1 heterocycles. The van der Waals surface area contributed by atoms with E-state index in [0.29, 0.717) is 12.8 Å². The van der Waals surface area contributed by atoms with E-state index in [4.69, 9.17) is 14.2 Å². The molecule has 3 aliphatic rings. The van der Waals surface area contributed by atoms with Crippen molar-refractivity contribution in [2.24, 2.45) is 5.41 Å². The predicted octanol–water partition coefficient (Wildman–Crippen LogP) is 4.25. The minimum Gasteiger partial charge on any atom is -0.468 e. The first-order valence-electron chi connectivity index (χ1n) is 8.86. The molecule has 1 aromatic carbocycles. The Morgan fingerprint density at radius 1 is 1.20 bits per heavy atom. The summed E-state index contributed by atoms with van der Waals surface area (Å²) in [7, 11) is 1.47. The number of esters is 1. The van der Waals surface area contributed by atoms with Gasteiger partial charge in [0.15, 0.2) is 5.79 Å². The molecule has 2 aliphatic carbocycles. The number of hydrogen-bond donors (Lipinski definition) is 0. The minimum absolute atomic E-state index is 0.0322. The molecule has 5 heteroatoms. The van der Waals surface area contributed by atoms with Crippen molar-refractivity contribution in [3.8, 4) is 0 Å². The fourth-order valence-corrected chi connectivity index (χ4v) is 5.12. The zero-order valence-corrected chi connectivity index (χ0v) is 16.4. The molecule has 1 spiro atoms. The summed E-state index contributed by atoms with van der Waals surface area (Å²) in [6.07, 6.45) is 5.08. The molecule has 1 aliphatic heterocycles. The molecule has 3 atom stereocenters. The van der Waals surface area contributed by atoms with Gasteiger partial charge in [0.25, 0.3) is 0 Å². The third-order valence-electron chi connectivity index (χ3n) is 5.98. The van der Waals surface area contributed by atoms with Crippen molar-refractivity contribution < 1.29 is 19.0 Å². The lowest BCUT2D eigenvalue weighted by Gasteiger charge is -2.45. The van der Waals surface area contributed by atoms with E-state index < -0.39 is 11.2 Å². The quantitative estimate of drug-likeness (QED) is 0.653. The smallest absolute Gasteiger partial charge is 0.316 e. The third kappa shape index (κ3) is 2.51. The molecule has 0 radical (unpaired) electrons. The van der Waals surface area contributed by atoms with Gasteiger partial charge in [-0.2, -0.15) is 0 Å². The molecule has 0 bridgehead atoms. The molecule has 0 aromatic heterocycles. The molecule has 4 rings (SSSR count). The van der Waals surface area contributed by atoms with Gasteiger partial charge in [0, 0.05) is 10.9 Å². The second-order valence-corrected chi connectivity index (χ2v) is 8.22. The Morgan fingerprint density at radius 2 is 1.92 bits per heavy atom. The summed E-state index contributed by atoms with van der Waals surface area (Å²) in [5.74, 6) is -0.899. The Bertz CT molecular complexity index is 746. The van der Waals surface area contributed by atoms with E-state index in [1.165, 1.54) is 12.7 Å². The van der Waals surface area contributed by atoms with Gasteiger partial charge in [-0.1, -0.05) is 28.1 Å². The van der Waals surface area contributed by atoms with Crippen LogP contribution in [0.3, 0.4) is 0 Å². The molecule has 1 fully saturated rings. The predicted molar refractivity (Wildman–Crippen MR) is 97.9 cm³/mol. The van der Waals surface area contributed by atoms with Crippen molar-refractivity contribution in [2.45, 2.75) is 57.5 Å². The zero-order chi connectivity index (χ0) is 17.8. The van der Waals surface area contributed by atoms with Crippen LogP contribution in [0.15, 0.2) is 28.7 Å². The van der Waals surface area contributed by atoms with Crippen LogP contribution in [-0.2, 0) is 25.4 Å². The van der Waals surface area contributed by atoms with Crippen molar-refractivity contribution in [1.82, 2.24) is 0 Å². The number of fused-ring (bicyclic) bond motifs is 3. The van der Waals surface area contributed by atoms with Crippen LogP contribution in [0.2, 0.25) is 0 Å². The van der Waals surface area contributed by atoms with Gasteiger partial charge in [0.2, 0.25) is 0 Å². The summed E-state index contributed by atoms with van der Waals surface area (Å²) in [5.41, 5.74) is 2.72. The van der Waals surface area contributed by atoms with E-state index in [0.717, 1.165) is 28.5 Å². The van der Waals surface area contributed by atoms with E-state index in [-0.39, 0.29) is 18.2 Å². The molecule has 3 unspecified atom stereocenters. The summed E-state index contributed by atoms with van der Waals surface area (Å²) >= 11 is 3.69. The highest BCUT2D eigenvalue weighted by Crippen LogP contribution is 2.56. The fraction of sp³-hybridized carbons (Fsp3) is 0.550. The van der Waals surface area contributed by atoms with Gasteiger partial charge >= 0.3 is 5.97 Å². The Morgan fingerprint density at radius 3 is 2.60 bits per heavy atom. The van der Waals surface area contributed by atoms with Gasteiger partial charge in [0.1, 0.15) is 0 Å². The number of hydrogen-bond acceptors (Lipinski definition) is 4. The topological polar surface area (TPSA) is 44.8 Å². The molecule has 1 saturated heterocycles. The summed E-state index contributed by atoms with van der Waals surface area (Å²) in [5, 5.41) is 0. The SMILES string of the molecule is COC(=O)C12CCc3cccc(Br)c3C1=CC1(CC2)OC(C)C(C)O1. The summed E-state index contributed by atoms with van der Waals surface area (Å²) in [6, 6.07) is 6.20. The molecule has 0 N–H and O–H groups in total. The first-order valence-corrected chi connectivity index (χ1v) is 9.65. The van der Waals surface area contributed by atoms with E-state index >= 15 is 0 Å². The lowest BCUT2D eigenvalue weighted by atomic mass is 9.62. The van der Waals surface area contributed by atoms with Gasteiger partial charge in [-0.3, -0.25) is 4.79 Å². The third-order valence-corrected chi connectivity index (χ3v) is 6.64. The lowest BCUT2D eigenvalue weighted by Crippen LogP contribution is -2.45. The van der Waals surface area contributed by atoms with Crippen LogP contribution >= 0.6 is 15.9 Å². The summed E-state index contributed by atoms with van der Waals surface area (Å²) in [4.78, 5) is 12.8. The number of halogens is 1. The molecule has 134 valence electrons. The average Bonchev–Trinajstić information content (AvgIpc) is 2.87. The Labute approximate surface area is 156 Å². The van der Waals surface area contributed by atoms with Crippen LogP contribution in [0.5, 0.6) is 0 Å². The number of aryl methyl sites for hydroxylation is 1. The average molecular weight is 407 g/mol. The summed E-state index contributed by atoms with van der Waals surface area (Å²) in [6.45, 7) is 4.07. The Balaban J connectivity index is 1.91. The number of benzene rings is 1. The van der Waals surface area contributed by atoms with Crippen molar-refractivity contribution in [3.63, 3.8) is 0 Å². The Kier molecular flexibility index (Phi) is 4.09. The molecule has 4 nitrogen and oxygen atoms in total. The van der Waals surface area contributed by atoms with Gasteiger partial charge in [0.05, 0.1) is 24.7 Å². The molecular formula is C20H23BrO4. The van der Waals surface area contributed by atoms with E-state index in [9.17, 15) is 4.79 Å². The zero-order valence-electron chi connectivity index (χ0n) is 14.8. The fourth-order valence-electron chi connectivity index (χ4n) is 4.49. The number of rotatable bonds is 1. The van der Waals surface area contributed by atoms with Crippen molar-refractivity contribution in [2.75, 3.05) is 7.11 Å². The molecular weight excluding hydrogens is 384 g/mol. The van der Waals surface area contributed by atoms with Crippen LogP contribution in [-0.4, -0.2) is 31.1 Å². The van der Waals surface area contributed by atoms with Crippen LogP contribution in [0.25, 0.3) is 5.57 Å². The number of ether oxygens (including phenoxy) is 3. The minimum atomic E-state index is -0.740. The van der Waals surface area contributed by atoms with E-state index in [1.54, 1.807) is 0 Å². The molecule has 0 amide bonds. The maximum atomic E-state index is 12.8. The number of carbonyl (C=O) groups excluding carboxylic acids is 1. The standard InChI is InChI=1S/C20H23BrO4/c1-12-13(2)25-20(24-12)10-9-19(18(22)23-3)8-7-14-5-4-6-16(21)17(14)15(19)11-20/h4-6,11-13H,7-10H2,1-3H3. The normalized spacial score (nSPS) is 36.6. The second-order valence-electron chi connectivity index (χ2n) is 7.36. The largest absolute Gasteiger partial charge is 0.468 e. The molecule has 1 aromatic rings. The van der Waals surface area contributed by atoms with Crippen LogP contribution < -0.4 is 0 Å². The lowest BCUT2D eigenvalue weighted by molar-refractivity contribution is -0.161. The van der Waals surface area contributed by atoms with Crippen molar-refractivity contribution >= 4 is 27.5 Å². The highest BCUT2D eigenvalue weighted by molar-refractivity contribution is 9.10. The highest BCUT2D eigenvalue weighted by Gasteiger charge is 2.55.